The zero-order valence-corrected chi connectivity index (χ0v) is 12.1. The zero-order valence-electron chi connectivity index (χ0n) is 12.1. The molecule has 1 aromatic rings. The van der Waals surface area contributed by atoms with Gasteiger partial charge >= 0.3 is 12.0 Å². The van der Waals surface area contributed by atoms with Crippen molar-refractivity contribution in [3.8, 4) is 0 Å². The van der Waals surface area contributed by atoms with Gasteiger partial charge in [-0.05, 0) is 24.7 Å². The lowest BCUT2D eigenvalue weighted by atomic mass is 10.1. The third-order valence-electron chi connectivity index (χ3n) is 3.94. The summed E-state index contributed by atoms with van der Waals surface area (Å²) in [7, 11) is 0. The van der Waals surface area contributed by atoms with Gasteiger partial charge < -0.3 is 20.7 Å². The predicted molar refractivity (Wildman–Crippen MR) is 76.8 cm³/mol. The number of urea groups is 1. The lowest BCUT2D eigenvalue weighted by Crippen LogP contribution is -2.48. The molecule has 0 saturated heterocycles. The Morgan fingerprint density at radius 3 is 2.90 bits per heavy atom. The van der Waals surface area contributed by atoms with Crippen LogP contribution in [0.2, 0.25) is 0 Å². The van der Waals surface area contributed by atoms with Gasteiger partial charge in [-0.25, -0.2) is 14.6 Å². The zero-order chi connectivity index (χ0) is 15.2. The fourth-order valence-electron chi connectivity index (χ4n) is 2.77. The van der Waals surface area contributed by atoms with E-state index in [1.54, 1.807) is 6.20 Å². The average Bonchev–Trinajstić information content (AvgIpc) is 3.07. The van der Waals surface area contributed by atoms with Crippen LogP contribution in [0.4, 0.5) is 4.79 Å². The summed E-state index contributed by atoms with van der Waals surface area (Å²) in [5, 5.41) is 14.4. The second kappa shape index (κ2) is 7.10. The number of amides is 2. The fourth-order valence-corrected chi connectivity index (χ4v) is 2.77. The van der Waals surface area contributed by atoms with E-state index < -0.39 is 18.0 Å². The highest BCUT2D eigenvalue weighted by Crippen LogP contribution is 2.29. The van der Waals surface area contributed by atoms with Gasteiger partial charge in [0, 0.05) is 24.9 Å². The Balaban J connectivity index is 1.77. The second-order valence-corrected chi connectivity index (χ2v) is 5.81. The maximum absolute atomic E-state index is 11.8. The number of imidazole rings is 1. The summed E-state index contributed by atoms with van der Waals surface area (Å²) in [6, 6.07) is -1.39. The van der Waals surface area contributed by atoms with Crippen molar-refractivity contribution in [1.82, 2.24) is 20.6 Å². The molecule has 3 unspecified atom stereocenters. The summed E-state index contributed by atoms with van der Waals surface area (Å²) in [6.07, 6.45) is 6.66. The molecule has 1 aromatic heterocycles. The molecule has 7 nitrogen and oxygen atoms in total. The predicted octanol–water partition coefficient (Wildman–Crippen LogP) is 1.14. The van der Waals surface area contributed by atoms with Crippen LogP contribution in [0, 0.1) is 11.8 Å². The van der Waals surface area contributed by atoms with Crippen molar-refractivity contribution >= 4 is 12.0 Å². The maximum Gasteiger partial charge on any atom is 0.326 e. The number of carbonyl (C=O) groups is 2. The number of rotatable bonds is 6. The van der Waals surface area contributed by atoms with Crippen molar-refractivity contribution in [1.29, 1.82) is 0 Å². The molecule has 1 aliphatic rings. The molecule has 4 N–H and O–H groups in total. The molecular formula is C14H22N4O3. The van der Waals surface area contributed by atoms with E-state index in [1.165, 1.54) is 12.7 Å². The summed E-state index contributed by atoms with van der Waals surface area (Å²) in [6.45, 7) is 2.82. The molecule has 116 valence electrons. The molecule has 21 heavy (non-hydrogen) atoms. The number of aliphatic carboxylic acids is 1. The summed E-state index contributed by atoms with van der Waals surface area (Å²) >= 11 is 0. The third kappa shape index (κ3) is 4.77. The SMILES string of the molecule is CC1CCC(CNC(=O)NC(Cc2cnc[nH]2)C(=O)O)C1. The van der Waals surface area contributed by atoms with E-state index in [0.29, 0.717) is 24.1 Å². The maximum atomic E-state index is 11.8. The monoisotopic (exact) mass is 294 g/mol. The Morgan fingerprint density at radius 2 is 2.33 bits per heavy atom. The van der Waals surface area contributed by atoms with Crippen molar-refractivity contribution < 1.29 is 14.7 Å². The van der Waals surface area contributed by atoms with Crippen LogP contribution in [0.3, 0.4) is 0 Å². The smallest absolute Gasteiger partial charge is 0.326 e. The highest BCUT2D eigenvalue weighted by Gasteiger charge is 2.24. The standard InChI is InChI=1S/C14H22N4O3/c1-9-2-3-10(4-9)6-16-14(21)18-12(13(19)20)5-11-7-15-8-17-11/h7-10,12H,2-6H2,1H3,(H,15,17)(H,19,20)(H2,16,18,21). The number of carboxylic acid groups (broad SMARTS) is 1. The number of H-pyrrole nitrogens is 1. The Kier molecular flexibility index (Phi) is 5.19. The molecule has 0 aromatic carbocycles. The minimum atomic E-state index is -1.06. The van der Waals surface area contributed by atoms with Gasteiger partial charge in [-0.2, -0.15) is 0 Å². The van der Waals surface area contributed by atoms with Gasteiger partial charge in [0.2, 0.25) is 0 Å². The van der Waals surface area contributed by atoms with Crippen LogP contribution in [-0.2, 0) is 11.2 Å². The lowest BCUT2D eigenvalue weighted by Gasteiger charge is -2.16. The Bertz CT molecular complexity index is 475. The van der Waals surface area contributed by atoms with Gasteiger partial charge in [0.1, 0.15) is 6.04 Å². The normalized spacial score (nSPS) is 22.7. The van der Waals surface area contributed by atoms with Crippen molar-refractivity contribution in [2.75, 3.05) is 6.54 Å². The van der Waals surface area contributed by atoms with Crippen molar-refractivity contribution in [3.05, 3.63) is 18.2 Å². The number of aromatic amines is 1. The third-order valence-corrected chi connectivity index (χ3v) is 3.94. The van der Waals surface area contributed by atoms with E-state index in [9.17, 15) is 9.59 Å². The van der Waals surface area contributed by atoms with Crippen LogP contribution >= 0.6 is 0 Å². The first-order valence-corrected chi connectivity index (χ1v) is 7.29. The van der Waals surface area contributed by atoms with Gasteiger partial charge in [-0.3, -0.25) is 0 Å². The van der Waals surface area contributed by atoms with Crippen molar-refractivity contribution in [3.63, 3.8) is 0 Å². The van der Waals surface area contributed by atoms with Gasteiger partial charge in [0.25, 0.3) is 0 Å². The number of hydrogen-bond donors (Lipinski definition) is 4. The van der Waals surface area contributed by atoms with E-state index in [4.69, 9.17) is 5.11 Å². The lowest BCUT2D eigenvalue weighted by molar-refractivity contribution is -0.139. The summed E-state index contributed by atoms with van der Waals surface area (Å²) in [5.74, 6) is 0.155. The number of carboxylic acids is 1. The summed E-state index contributed by atoms with van der Waals surface area (Å²) < 4.78 is 0. The van der Waals surface area contributed by atoms with Crippen molar-refractivity contribution in [2.24, 2.45) is 11.8 Å². The number of nitrogens with zero attached hydrogens (tertiary/aromatic N) is 1. The summed E-state index contributed by atoms with van der Waals surface area (Å²) in [4.78, 5) is 29.7. The van der Waals surface area contributed by atoms with Crippen LogP contribution in [0.15, 0.2) is 12.5 Å². The molecular weight excluding hydrogens is 272 g/mol. The number of nitrogens with one attached hydrogen (secondary N) is 3. The van der Waals surface area contributed by atoms with E-state index in [2.05, 4.69) is 27.5 Å². The van der Waals surface area contributed by atoms with Gasteiger partial charge in [-0.15, -0.1) is 0 Å². The topological polar surface area (TPSA) is 107 Å². The van der Waals surface area contributed by atoms with Crippen LogP contribution in [0.1, 0.15) is 31.9 Å². The minimum Gasteiger partial charge on any atom is -0.480 e. The average molecular weight is 294 g/mol. The highest BCUT2D eigenvalue weighted by atomic mass is 16.4. The van der Waals surface area contributed by atoms with E-state index in [0.717, 1.165) is 12.8 Å². The first-order chi connectivity index (χ1) is 10.0. The molecule has 0 spiro atoms. The molecule has 2 rings (SSSR count). The van der Waals surface area contributed by atoms with E-state index in [1.807, 2.05) is 0 Å². The second-order valence-electron chi connectivity index (χ2n) is 5.81. The molecule has 0 bridgehead atoms. The minimum absolute atomic E-state index is 0.184. The molecule has 1 saturated carbocycles. The van der Waals surface area contributed by atoms with Gasteiger partial charge in [0.15, 0.2) is 0 Å². The highest BCUT2D eigenvalue weighted by molar-refractivity contribution is 5.82. The van der Waals surface area contributed by atoms with Gasteiger partial charge in [0.05, 0.1) is 6.33 Å². The molecule has 1 heterocycles. The van der Waals surface area contributed by atoms with Crippen LogP contribution < -0.4 is 10.6 Å². The molecule has 0 radical (unpaired) electrons. The molecule has 2 amide bonds. The Morgan fingerprint density at radius 1 is 1.52 bits per heavy atom. The van der Waals surface area contributed by atoms with Crippen LogP contribution in [0.5, 0.6) is 0 Å². The summed E-state index contributed by atoms with van der Waals surface area (Å²) in [5.41, 5.74) is 0.673. The number of aromatic nitrogens is 2. The molecule has 7 heteroatoms. The van der Waals surface area contributed by atoms with E-state index >= 15 is 0 Å². The molecule has 1 fully saturated rings. The molecule has 1 aliphatic carbocycles. The number of carbonyl (C=O) groups excluding carboxylic acids is 1. The van der Waals surface area contributed by atoms with Crippen LogP contribution in [-0.4, -0.2) is 39.7 Å². The van der Waals surface area contributed by atoms with E-state index in [-0.39, 0.29) is 6.42 Å². The first-order valence-electron chi connectivity index (χ1n) is 7.29. The Labute approximate surface area is 123 Å². The number of hydrogen-bond acceptors (Lipinski definition) is 3. The first kappa shape index (κ1) is 15.3. The largest absolute Gasteiger partial charge is 0.480 e. The Hall–Kier alpha value is -2.05. The van der Waals surface area contributed by atoms with Crippen LogP contribution in [0.25, 0.3) is 0 Å². The molecule has 0 aliphatic heterocycles. The van der Waals surface area contributed by atoms with Crippen molar-refractivity contribution in [2.45, 2.75) is 38.6 Å². The molecule has 3 atom stereocenters. The quantitative estimate of drug-likeness (QED) is 0.631. The van der Waals surface area contributed by atoms with Gasteiger partial charge in [-0.1, -0.05) is 13.3 Å². The fraction of sp³-hybridized carbons (Fsp3) is 0.643.